The van der Waals surface area contributed by atoms with Crippen molar-refractivity contribution in [2.24, 2.45) is 0 Å². The Balaban J connectivity index is 2.85. The van der Waals surface area contributed by atoms with Crippen LogP contribution in [0.15, 0.2) is 23.8 Å². The first kappa shape index (κ1) is 14.8. The smallest absolute Gasteiger partial charge is 0.331 e. The van der Waals surface area contributed by atoms with E-state index in [1.54, 1.807) is 25.1 Å². The Hall–Kier alpha value is -2.28. The summed E-state index contributed by atoms with van der Waals surface area (Å²) in [5, 5.41) is 17.7. The first-order chi connectivity index (χ1) is 8.99. The zero-order valence-electron chi connectivity index (χ0n) is 11.4. The Labute approximate surface area is 112 Å². The molecule has 1 aromatic rings. The average Bonchev–Trinajstić information content (AvgIpc) is 2.36. The summed E-state index contributed by atoms with van der Waals surface area (Å²) in [7, 11) is 0. The Morgan fingerprint density at radius 2 is 2.00 bits per heavy atom. The van der Waals surface area contributed by atoms with Crippen molar-refractivity contribution in [1.29, 1.82) is 5.26 Å². The van der Waals surface area contributed by atoms with Crippen LogP contribution in [-0.4, -0.2) is 17.7 Å². The predicted octanol–water partition coefficient (Wildman–Crippen LogP) is 2.97. The fourth-order valence-corrected chi connectivity index (χ4v) is 1.85. The fourth-order valence-electron chi connectivity index (χ4n) is 1.85. The largest absolute Gasteiger partial charge is 0.489 e. The Morgan fingerprint density at radius 3 is 2.42 bits per heavy atom. The SMILES string of the molecule is CCC(=CCOc1c(C)cc(C#N)cc1C)C(=O)O. The highest BCUT2D eigenvalue weighted by Gasteiger charge is 2.07. The summed E-state index contributed by atoms with van der Waals surface area (Å²) in [4.78, 5) is 10.8. The standard InChI is InChI=1S/C15H17NO3/c1-4-13(15(17)18)5-6-19-14-10(2)7-12(9-16)8-11(14)3/h5,7-8H,4,6H2,1-3H3,(H,17,18). The number of hydrogen-bond acceptors (Lipinski definition) is 3. The molecule has 1 N–H and O–H groups in total. The number of ether oxygens (including phenoxy) is 1. The van der Waals surface area contributed by atoms with E-state index < -0.39 is 5.97 Å². The van der Waals surface area contributed by atoms with E-state index in [9.17, 15) is 4.79 Å². The summed E-state index contributed by atoms with van der Waals surface area (Å²) in [6, 6.07) is 5.60. The minimum atomic E-state index is -0.917. The molecule has 0 heterocycles. The van der Waals surface area contributed by atoms with Crippen molar-refractivity contribution in [3.05, 3.63) is 40.5 Å². The number of carbonyl (C=O) groups is 1. The molecular formula is C15H17NO3. The van der Waals surface area contributed by atoms with Crippen molar-refractivity contribution in [3.63, 3.8) is 0 Å². The van der Waals surface area contributed by atoms with E-state index >= 15 is 0 Å². The van der Waals surface area contributed by atoms with Gasteiger partial charge in [0.05, 0.1) is 11.6 Å². The van der Waals surface area contributed by atoms with Gasteiger partial charge >= 0.3 is 5.97 Å². The van der Waals surface area contributed by atoms with Gasteiger partial charge in [-0.3, -0.25) is 0 Å². The minimum absolute atomic E-state index is 0.211. The van der Waals surface area contributed by atoms with Crippen molar-refractivity contribution >= 4 is 5.97 Å². The van der Waals surface area contributed by atoms with Crippen LogP contribution in [0.3, 0.4) is 0 Å². The molecule has 0 saturated carbocycles. The molecule has 4 heteroatoms. The molecule has 1 rings (SSSR count). The summed E-state index contributed by atoms with van der Waals surface area (Å²) in [5.41, 5.74) is 2.68. The Kier molecular flexibility index (Phi) is 5.13. The van der Waals surface area contributed by atoms with Gasteiger partial charge in [-0.2, -0.15) is 5.26 Å². The maximum absolute atomic E-state index is 10.8. The van der Waals surface area contributed by atoms with Gasteiger partial charge in [-0.05, 0) is 49.6 Å². The van der Waals surface area contributed by atoms with Gasteiger partial charge in [-0.25, -0.2) is 4.79 Å². The molecule has 0 amide bonds. The third kappa shape index (κ3) is 3.85. The molecule has 0 bridgehead atoms. The first-order valence-electron chi connectivity index (χ1n) is 6.06. The van der Waals surface area contributed by atoms with Gasteiger partial charge in [-0.1, -0.05) is 6.92 Å². The second kappa shape index (κ2) is 6.60. The number of nitriles is 1. The fraction of sp³-hybridized carbons (Fsp3) is 0.333. The van der Waals surface area contributed by atoms with Crippen LogP contribution >= 0.6 is 0 Å². The van der Waals surface area contributed by atoms with Gasteiger partial charge in [0.1, 0.15) is 12.4 Å². The average molecular weight is 259 g/mol. The second-order valence-electron chi connectivity index (χ2n) is 4.25. The highest BCUT2D eigenvalue weighted by Crippen LogP contribution is 2.24. The summed E-state index contributed by atoms with van der Waals surface area (Å²) in [6.07, 6.45) is 2.03. The molecule has 0 atom stereocenters. The molecule has 0 aliphatic heterocycles. The van der Waals surface area contributed by atoms with Crippen LogP contribution in [0.2, 0.25) is 0 Å². The molecular weight excluding hydrogens is 242 g/mol. The molecule has 0 unspecified atom stereocenters. The van der Waals surface area contributed by atoms with E-state index in [0.29, 0.717) is 23.3 Å². The van der Waals surface area contributed by atoms with Crippen molar-refractivity contribution in [3.8, 4) is 11.8 Å². The second-order valence-corrected chi connectivity index (χ2v) is 4.25. The van der Waals surface area contributed by atoms with Crippen molar-refractivity contribution in [2.45, 2.75) is 27.2 Å². The first-order valence-corrected chi connectivity index (χ1v) is 6.06. The molecule has 0 aromatic heterocycles. The summed E-state index contributed by atoms with van der Waals surface area (Å²) in [5.74, 6) is -0.213. The zero-order valence-corrected chi connectivity index (χ0v) is 11.4. The van der Waals surface area contributed by atoms with E-state index in [1.807, 2.05) is 13.8 Å². The molecule has 1 aromatic carbocycles. The molecule has 0 fully saturated rings. The number of nitrogens with zero attached hydrogens (tertiary/aromatic N) is 1. The molecule has 100 valence electrons. The van der Waals surface area contributed by atoms with Gasteiger partial charge in [0.15, 0.2) is 0 Å². The monoisotopic (exact) mass is 259 g/mol. The van der Waals surface area contributed by atoms with Crippen LogP contribution in [0.25, 0.3) is 0 Å². The Bertz CT molecular complexity index is 530. The normalized spacial score (nSPS) is 10.9. The minimum Gasteiger partial charge on any atom is -0.489 e. The molecule has 0 spiro atoms. The number of carboxylic acids is 1. The van der Waals surface area contributed by atoms with E-state index in [2.05, 4.69) is 6.07 Å². The van der Waals surface area contributed by atoms with Crippen molar-refractivity contribution < 1.29 is 14.6 Å². The lowest BCUT2D eigenvalue weighted by molar-refractivity contribution is -0.132. The maximum Gasteiger partial charge on any atom is 0.331 e. The maximum atomic E-state index is 10.8. The quantitative estimate of drug-likeness (QED) is 0.825. The summed E-state index contributed by atoms with van der Waals surface area (Å²) < 4.78 is 5.60. The lowest BCUT2D eigenvalue weighted by atomic mass is 10.1. The number of benzene rings is 1. The molecule has 0 aliphatic carbocycles. The highest BCUT2D eigenvalue weighted by molar-refractivity contribution is 5.86. The third-order valence-electron chi connectivity index (χ3n) is 2.80. The zero-order chi connectivity index (χ0) is 14.4. The van der Waals surface area contributed by atoms with Gasteiger partial charge in [0.25, 0.3) is 0 Å². The van der Waals surface area contributed by atoms with E-state index in [-0.39, 0.29) is 6.61 Å². The van der Waals surface area contributed by atoms with E-state index in [0.717, 1.165) is 11.1 Å². The molecule has 0 saturated heterocycles. The number of hydrogen-bond donors (Lipinski definition) is 1. The number of carboxylic acid groups (broad SMARTS) is 1. The molecule has 19 heavy (non-hydrogen) atoms. The summed E-state index contributed by atoms with van der Waals surface area (Å²) in [6.45, 7) is 5.73. The lowest BCUT2D eigenvalue weighted by Crippen LogP contribution is -2.04. The number of aryl methyl sites for hydroxylation is 2. The van der Waals surface area contributed by atoms with Crippen LogP contribution < -0.4 is 4.74 Å². The van der Waals surface area contributed by atoms with Crippen LogP contribution in [-0.2, 0) is 4.79 Å². The van der Waals surface area contributed by atoms with Gasteiger partial charge in [0.2, 0.25) is 0 Å². The topological polar surface area (TPSA) is 70.3 Å². The Morgan fingerprint density at radius 1 is 1.42 bits per heavy atom. The van der Waals surface area contributed by atoms with Crippen LogP contribution in [0.4, 0.5) is 0 Å². The number of rotatable bonds is 5. The van der Waals surface area contributed by atoms with E-state index in [4.69, 9.17) is 15.1 Å². The molecule has 0 aliphatic rings. The van der Waals surface area contributed by atoms with Crippen LogP contribution in [0, 0.1) is 25.2 Å². The number of aliphatic carboxylic acids is 1. The highest BCUT2D eigenvalue weighted by atomic mass is 16.5. The van der Waals surface area contributed by atoms with Gasteiger partial charge in [-0.15, -0.1) is 0 Å². The predicted molar refractivity (Wildman–Crippen MR) is 72.1 cm³/mol. The van der Waals surface area contributed by atoms with Crippen LogP contribution in [0.1, 0.15) is 30.0 Å². The summed E-state index contributed by atoms with van der Waals surface area (Å²) >= 11 is 0. The van der Waals surface area contributed by atoms with E-state index in [1.165, 1.54) is 0 Å². The van der Waals surface area contributed by atoms with Gasteiger partial charge < -0.3 is 9.84 Å². The van der Waals surface area contributed by atoms with Crippen LogP contribution in [0.5, 0.6) is 5.75 Å². The molecule has 0 radical (unpaired) electrons. The molecule has 4 nitrogen and oxygen atoms in total. The van der Waals surface area contributed by atoms with Crippen molar-refractivity contribution in [1.82, 2.24) is 0 Å². The van der Waals surface area contributed by atoms with Gasteiger partial charge in [0, 0.05) is 5.57 Å². The lowest BCUT2D eigenvalue weighted by Gasteiger charge is -2.11. The van der Waals surface area contributed by atoms with Crippen molar-refractivity contribution in [2.75, 3.05) is 6.61 Å². The third-order valence-corrected chi connectivity index (χ3v) is 2.80.